The summed E-state index contributed by atoms with van der Waals surface area (Å²) >= 11 is 3.63. The lowest BCUT2D eigenvalue weighted by molar-refractivity contribution is -0.117. The maximum atomic E-state index is 13.3. The lowest BCUT2D eigenvalue weighted by atomic mass is 9.70. The topological polar surface area (TPSA) is 97.7 Å². The predicted molar refractivity (Wildman–Crippen MR) is 129 cm³/mol. The Bertz CT molecular complexity index is 964. The molecule has 3 unspecified atom stereocenters. The third-order valence-corrected chi connectivity index (χ3v) is 6.68. The molecule has 32 heavy (non-hydrogen) atoms. The van der Waals surface area contributed by atoms with Crippen LogP contribution in [-0.4, -0.2) is 31.3 Å². The molecule has 3 atom stereocenters. The summed E-state index contributed by atoms with van der Waals surface area (Å²) in [6.45, 7) is 7.45. The van der Waals surface area contributed by atoms with Crippen LogP contribution >= 0.6 is 15.9 Å². The van der Waals surface area contributed by atoms with Crippen molar-refractivity contribution in [3.05, 3.63) is 33.4 Å². The van der Waals surface area contributed by atoms with E-state index in [4.69, 9.17) is 20.2 Å². The number of hydrogen-bond acceptors (Lipinski definition) is 6. The van der Waals surface area contributed by atoms with Gasteiger partial charge in [0.15, 0.2) is 17.3 Å². The number of halogens is 1. The van der Waals surface area contributed by atoms with Crippen molar-refractivity contribution in [3.8, 4) is 17.6 Å². The maximum Gasteiger partial charge on any atom is 0.175 e. The Balaban J connectivity index is 2.08. The van der Waals surface area contributed by atoms with E-state index < -0.39 is 5.92 Å². The highest BCUT2D eigenvalue weighted by molar-refractivity contribution is 9.10. The molecule has 0 radical (unpaired) electrons. The molecule has 2 N–H and O–H groups in total. The molecule has 0 bridgehead atoms. The molecule has 0 saturated carbocycles. The molecule has 0 fully saturated rings. The van der Waals surface area contributed by atoms with Gasteiger partial charge in [0.25, 0.3) is 0 Å². The average molecular weight is 502 g/mol. The van der Waals surface area contributed by atoms with Crippen LogP contribution in [0.1, 0.15) is 64.4 Å². The highest BCUT2D eigenvalue weighted by atomic mass is 79.9. The van der Waals surface area contributed by atoms with Gasteiger partial charge in [0.1, 0.15) is 0 Å². The summed E-state index contributed by atoms with van der Waals surface area (Å²) in [5.41, 5.74) is 8.77. The standard InChI is InChI=1S/C25H32BrN3O3/c1-4-7-16-10-20-24(21(30)11-16)23(18(14-28)15(3)29-20)17-12-19(26)25(32-9-6-8-27)22(13-17)31-5-2/h12-13,16,18,23H,4-11,27H2,1-3H3. The molecule has 6 nitrogen and oxygen atoms in total. The molecule has 2 aliphatic rings. The number of ether oxygens (including phenoxy) is 2. The fourth-order valence-electron chi connectivity index (χ4n) is 4.71. The van der Waals surface area contributed by atoms with E-state index in [1.807, 2.05) is 26.0 Å². The van der Waals surface area contributed by atoms with Crippen LogP contribution in [0.25, 0.3) is 0 Å². The average Bonchev–Trinajstić information content (AvgIpc) is 2.75. The first-order valence-corrected chi connectivity index (χ1v) is 12.2. The van der Waals surface area contributed by atoms with Gasteiger partial charge in [-0.3, -0.25) is 9.79 Å². The highest BCUT2D eigenvalue weighted by Crippen LogP contribution is 2.48. The van der Waals surface area contributed by atoms with E-state index in [0.29, 0.717) is 49.2 Å². The Kier molecular flexibility index (Phi) is 8.50. The summed E-state index contributed by atoms with van der Waals surface area (Å²) in [7, 11) is 0. The summed E-state index contributed by atoms with van der Waals surface area (Å²) in [4.78, 5) is 18.0. The fourth-order valence-corrected chi connectivity index (χ4v) is 5.28. The molecular weight excluding hydrogens is 470 g/mol. The number of carbonyl (C=O) groups excluding carboxylic acids is 1. The second kappa shape index (κ2) is 11.1. The molecular formula is C25H32BrN3O3. The monoisotopic (exact) mass is 501 g/mol. The molecule has 0 spiro atoms. The van der Waals surface area contributed by atoms with Crippen LogP contribution in [0.2, 0.25) is 0 Å². The number of aliphatic imine (C=N–C) groups is 1. The Morgan fingerprint density at radius 2 is 2.06 bits per heavy atom. The van der Waals surface area contributed by atoms with Gasteiger partial charge < -0.3 is 15.2 Å². The molecule has 0 aromatic heterocycles. The van der Waals surface area contributed by atoms with Crippen molar-refractivity contribution in [1.29, 1.82) is 5.26 Å². The third kappa shape index (κ3) is 5.07. The van der Waals surface area contributed by atoms with Crippen molar-refractivity contribution < 1.29 is 14.3 Å². The molecule has 1 heterocycles. The van der Waals surface area contributed by atoms with E-state index in [-0.39, 0.29) is 11.7 Å². The van der Waals surface area contributed by atoms with Crippen molar-refractivity contribution in [1.82, 2.24) is 0 Å². The van der Waals surface area contributed by atoms with Crippen LogP contribution in [0.4, 0.5) is 0 Å². The molecule has 7 heteroatoms. The lowest BCUT2D eigenvalue weighted by Gasteiger charge is -2.35. The molecule has 1 aromatic rings. The van der Waals surface area contributed by atoms with E-state index in [9.17, 15) is 10.1 Å². The highest BCUT2D eigenvalue weighted by Gasteiger charge is 2.41. The minimum Gasteiger partial charge on any atom is -0.490 e. The van der Waals surface area contributed by atoms with Gasteiger partial charge in [0.05, 0.1) is 29.7 Å². The van der Waals surface area contributed by atoms with Gasteiger partial charge in [-0.05, 0) is 79.2 Å². The normalized spacial score (nSPS) is 22.8. The zero-order valence-corrected chi connectivity index (χ0v) is 20.7. The Morgan fingerprint density at radius 3 is 2.72 bits per heavy atom. The van der Waals surface area contributed by atoms with Gasteiger partial charge >= 0.3 is 0 Å². The molecule has 172 valence electrons. The zero-order chi connectivity index (χ0) is 23.3. The van der Waals surface area contributed by atoms with Crippen LogP contribution in [0.5, 0.6) is 11.5 Å². The first-order valence-electron chi connectivity index (χ1n) is 11.4. The SMILES string of the molecule is CCCC1CC(=O)C2=C(C1)N=C(C)C(C#N)C2c1cc(Br)c(OCCCN)c(OCC)c1. The van der Waals surface area contributed by atoms with Crippen molar-refractivity contribution >= 4 is 27.4 Å². The summed E-state index contributed by atoms with van der Waals surface area (Å²) in [5, 5.41) is 10.0. The second-order valence-electron chi connectivity index (χ2n) is 8.44. The third-order valence-electron chi connectivity index (χ3n) is 6.09. The van der Waals surface area contributed by atoms with Crippen LogP contribution < -0.4 is 15.2 Å². The molecule has 0 saturated heterocycles. The first-order chi connectivity index (χ1) is 15.4. The Labute approximate surface area is 199 Å². The molecule has 1 aromatic carbocycles. The van der Waals surface area contributed by atoms with E-state index >= 15 is 0 Å². The van der Waals surface area contributed by atoms with E-state index in [1.165, 1.54) is 0 Å². The van der Waals surface area contributed by atoms with Gasteiger partial charge in [-0.2, -0.15) is 5.26 Å². The summed E-state index contributed by atoms with van der Waals surface area (Å²) in [6, 6.07) is 6.26. The Morgan fingerprint density at radius 1 is 1.28 bits per heavy atom. The maximum absolute atomic E-state index is 13.3. The summed E-state index contributed by atoms with van der Waals surface area (Å²) in [5.74, 6) is 0.794. The smallest absolute Gasteiger partial charge is 0.175 e. The predicted octanol–water partition coefficient (Wildman–Crippen LogP) is 5.31. The van der Waals surface area contributed by atoms with Crippen LogP contribution in [-0.2, 0) is 4.79 Å². The number of nitriles is 1. The zero-order valence-electron chi connectivity index (χ0n) is 19.1. The second-order valence-corrected chi connectivity index (χ2v) is 9.29. The minimum atomic E-state index is -0.495. The first kappa shape index (κ1) is 24.5. The van der Waals surface area contributed by atoms with Crippen molar-refractivity contribution in [2.24, 2.45) is 22.6 Å². The van der Waals surface area contributed by atoms with Gasteiger partial charge in [-0.15, -0.1) is 0 Å². The van der Waals surface area contributed by atoms with Crippen LogP contribution in [0, 0.1) is 23.2 Å². The van der Waals surface area contributed by atoms with E-state index in [0.717, 1.165) is 47.1 Å². The summed E-state index contributed by atoms with van der Waals surface area (Å²) in [6.07, 6.45) is 4.11. The van der Waals surface area contributed by atoms with Crippen molar-refractivity contribution in [3.63, 3.8) is 0 Å². The lowest BCUT2D eigenvalue weighted by Crippen LogP contribution is -2.32. The number of Topliss-reactive ketones (excluding diaryl/α,β-unsaturated/α-hetero) is 1. The molecule has 1 aliphatic carbocycles. The number of rotatable bonds is 9. The van der Waals surface area contributed by atoms with Crippen LogP contribution in [0.15, 0.2) is 32.9 Å². The number of ketones is 1. The summed E-state index contributed by atoms with van der Waals surface area (Å²) < 4.78 is 12.6. The fraction of sp³-hybridized carbons (Fsp3) is 0.560. The van der Waals surface area contributed by atoms with Gasteiger partial charge in [0, 0.05) is 29.3 Å². The number of nitrogens with zero attached hydrogens (tertiary/aromatic N) is 2. The van der Waals surface area contributed by atoms with Gasteiger partial charge in [-0.1, -0.05) is 13.3 Å². The van der Waals surface area contributed by atoms with E-state index in [1.54, 1.807) is 0 Å². The van der Waals surface area contributed by atoms with Gasteiger partial charge in [-0.25, -0.2) is 0 Å². The molecule has 3 rings (SSSR count). The largest absolute Gasteiger partial charge is 0.490 e. The van der Waals surface area contributed by atoms with Gasteiger partial charge in [0.2, 0.25) is 0 Å². The van der Waals surface area contributed by atoms with Crippen LogP contribution in [0.3, 0.4) is 0 Å². The number of nitrogens with two attached hydrogens (primary N) is 1. The molecule has 0 amide bonds. The number of carbonyl (C=O) groups is 1. The number of benzene rings is 1. The number of allylic oxidation sites excluding steroid dienone is 2. The molecule has 1 aliphatic heterocycles. The van der Waals surface area contributed by atoms with Crippen molar-refractivity contribution in [2.75, 3.05) is 19.8 Å². The van der Waals surface area contributed by atoms with E-state index in [2.05, 4.69) is 28.9 Å². The number of hydrogen-bond donors (Lipinski definition) is 1. The Hall–Kier alpha value is -2.17. The quantitative estimate of drug-likeness (QED) is 0.462. The minimum absolute atomic E-state index is 0.114. The van der Waals surface area contributed by atoms with Crippen molar-refractivity contribution in [2.45, 2.75) is 58.8 Å².